The Bertz CT molecular complexity index is 457. The van der Waals surface area contributed by atoms with Crippen LogP contribution in [0, 0.1) is 5.41 Å². The Morgan fingerprint density at radius 2 is 1.74 bits per heavy atom. The first kappa shape index (κ1) is 14.0. The molecule has 0 atom stereocenters. The molecule has 0 bridgehead atoms. The maximum absolute atomic E-state index is 12.1. The van der Waals surface area contributed by atoms with Crippen LogP contribution < -0.4 is 0 Å². The monoisotopic (exact) mass is 281 g/mol. The Morgan fingerprint density at radius 1 is 1.16 bits per heavy atom. The molecule has 1 saturated heterocycles. The molecule has 0 aliphatic carbocycles. The Kier molecular flexibility index (Phi) is 3.89. The number of carbonyl (C=O) groups is 2. The van der Waals surface area contributed by atoms with E-state index in [0.29, 0.717) is 31.9 Å². The van der Waals surface area contributed by atoms with E-state index in [1.807, 2.05) is 25.7 Å². The maximum Gasteiger partial charge on any atom is 0.273 e. The standard InChI is InChI=1S/C13H19N3O2S/c1-13(2,3)12(18)16-6-4-15(5-7-16)11(17)10-8-19-9-14-10/h8-9H,4-7H2,1-3H3. The number of hydrogen-bond acceptors (Lipinski definition) is 4. The van der Waals surface area contributed by atoms with Gasteiger partial charge in [-0.1, -0.05) is 20.8 Å². The minimum absolute atomic E-state index is 0.0379. The molecule has 1 fully saturated rings. The van der Waals surface area contributed by atoms with Crippen LogP contribution in [0.25, 0.3) is 0 Å². The summed E-state index contributed by atoms with van der Waals surface area (Å²) >= 11 is 1.42. The minimum Gasteiger partial charge on any atom is -0.339 e. The molecule has 2 rings (SSSR count). The van der Waals surface area contributed by atoms with E-state index in [-0.39, 0.29) is 17.2 Å². The highest BCUT2D eigenvalue weighted by molar-refractivity contribution is 7.07. The van der Waals surface area contributed by atoms with Gasteiger partial charge in [-0.15, -0.1) is 11.3 Å². The summed E-state index contributed by atoms with van der Waals surface area (Å²) < 4.78 is 0. The fraction of sp³-hybridized carbons (Fsp3) is 0.615. The quantitative estimate of drug-likeness (QED) is 0.783. The first-order chi connectivity index (χ1) is 8.89. The minimum atomic E-state index is -0.360. The Balaban J connectivity index is 1.93. The molecule has 0 radical (unpaired) electrons. The Labute approximate surface area is 117 Å². The van der Waals surface area contributed by atoms with Crippen LogP contribution in [-0.4, -0.2) is 52.8 Å². The smallest absolute Gasteiger partial charge is 0.273 e. The van der Waals surface area contributed by atoms with E-state index in [1.165, 1.54) is 11.3 Å². The molecule has 1 aliphatic rings. The molecular weight excluding hydrogens is 262 g/mol. The third-order valence-corrected chi connectivity index (χ3v) is 3.73. The highest BCUT2D eigenvalue weighted by Gasteiger charge is 2.31. The average molecular weight is 281 g/mol. The lowest BCUT2D eigenvalue weighted by Gasteiger charge is -2.37. The molecule has 2 heterocycles. The fourth-order valence-electron chi connectivity index (χ4n) is 2.07. The van der Waals surface area contributed by atoms with Crippen molar-refractivity contribution >= 4 is 23.2 Å². The summed E-state index contributed by atoms with van der Waals surface area (Å²) in [5.74, 6) is 0.109. The van der Waals surface area contributed by atoms with Crippen LogP contribution in [0.2, 0.25) is 0 Å². The van der Waals surface area contributed by atoms with Crippen LogP contribution in [-0.2, 0) is 4.79 Å². The summed E-state index contributed by atoms with van der Waals surface area (Å²) in [6, 6.07) is 0. The van der Waals surface area contributed by atoms with Crippen molar-refractivity contribution in [2.45, 2.75) is 20.8 Å². The third-order valence-electron chi connectivity index (χ3n) is 3.15. The van der Waals surface area contributed by atoms with Crippen LogP contribution in [0.5, 0.6) is 0 Å². The van der Waals surface area contributed by atoms with Crippen molar-refractivity contribution < 1.29 is 9.59 Å². The zero-order chi connectivity index (χ0) is 14.0. The van der Waals surface area contributed by atoms with Crippen molar-refractivity contribution in [3.05, 3.63) is 16.6 Å². The molecule has 0 unspecified atom stereocenters. The number of piperazine rings is 1. The number of thiazole rings is 1. The van der Waals surface area contributed by atoms with Gasteiger partial charge in [-0.3, -0.25) is 9.59 Å². The molecule has 0 aromatic carbocycles. The van der Waals surface area contributed by atoms with Gasteiger partial charge < -0.3 is 9.80 Å². The largest absolute Gasteiger partial charge is 0.339 e. The molecule has 104 valence electrons. The van der Waals surface area contributed by atoms with Gasteiger partial charge in [-0.05, 0) is 0 Å². The molecule has 1 aliphatic heterocycles. The van der Waals surface area contributed by atoms with E-state index in [1.54, 1.807) is 15.8 Å². The molecular formula is C13H19N3O2S. The molecule has 19 heavy (non-hydrogen) atoms. The van der Waals surface area contributed by atoms with Crippen LogP contribution >= 0.6 is 11.3 Å². The summed E-state index contributed by atoms with van der Waals surface area (Å²) in [7, 11) is 0. The predicted octanol–water partition coefficient (Wildman–Crippen LogP) is 1.47. The summed E-state index contributed by atoms with van der Waals surface area (Å²) in [5.41, 5.74) is 1.80. The van der Waals surface area contributed by atoms with E-state index in [4.69, 9.17) is 0 Å². The van der Waals surface area contributed by atoms with E-state index in [9.17, 15) is 9.59 Å². The third kappa shape index (κ3) is 3.12. The predicted molar refractivity (Wildman–Crippen MR) is 74.1 cm³/mol. The number of nitrogens with zero attached hydrogens (tertiary/aromatic N) is 3. The zero-order valence-corrected chi connectivity index (χ0v) is 12.4. The van der Waals surface area contributed by atoms with Crippen molar-refractivity contribution in [1.82, 2.24) is 14.8 Å². The van der Waals surface area contributed by atoms with Crippen molar-refractivity contribution in [2.24, 2.45) is 5.41 Å². The Hall–Kier alpha value is -1.43. The van der Waals surface area contributed by atoms with Crippen LogP contribution in [0.15, 0.2) is 10.9 Å². The molecule has 1 aromatic heterocycles. The SMILES string of the molecule is CC(C)(C)C(=O)N1CCN(C(=O)c2cscn2)CC1. The molecule has 5 nitrogen and oxygen atoms in total. The van der Waals surface area contributed by atoms with Gasteiger partial charge in [0.05, 0.1) is 5.51 Å². The van der Waals surface area contributed by atoms with Gasteiger partial charge >= 0.3 is 0 Å². The molecule has 2 amide bonds. The molecule has 0 N–H and O–H groups in total. The van der Waals surface area contributed by atoms with Gasteiger partial charge in [-0.2, -0.15) is 0 Å². The maximum atomic E-state index is 12.1. The number of hydrogen-bond donors (Lipinski definition) is 0. The van der Waals surface area contributed by atoms with Crippen LogP contribution in [0.3, 0.4) is 0 Å². The van der Waals surface area contributed by atoms with Crippen molar-refractivity contribution in [2.75, 3.05) is 26.2 Å². The molecule has 0 spiro atoms. The summed E-state index contributed by atoms with van der Waals surface area (Å²) in [4.78, 5) is 31.9. The highest BCUT2D eigenvalue weighted by atomic mass is 32.1. The van der Waals surface area contributed by atoms with E-state index >= 15 is 0 Å². The number of aromatic nitrogens is 1. The van der Waals surface area contributed by atoms with Crippen molar-refractivity contribution in [3.8, 4) is 0 Å². The molecule has 6 heteroatoms. The molecule has 1 aromatic rings. The van der Waals surface area contributed by atoms with Crippen LogP contribution in [0.1, 0.15) is 31.3 Å². The highest BCUT2D eigenvalue weighted by Crippen LogP contribution is 2.19. The van der Waals surface area contributed by atoms with Gasteiger partial charge in [0, 0.05) is 37.0 Å². The normalized spacial score (nSPS) is 16.6. The van der Waals surface area contributed by atoms with E-state index < -0.39 is 0 Å². The summed E-state index contributed by atoms with van der Waals surface area (Å²) in [6.07, 6.45) is 0. The van der Waals surface area contributed by atoms with E-state index in [0.717, 1.165) is 0 Å². The molecule has 0 saturated carbocycles. The number of amides is 2. The first-order valence-electron chi connectivity index (χ1n) is 6.36. The number of carbonyl (C=O) groups excluding carboxylic acids is 2. The first-order valence-corrected chi connectivity index (χ1v) is 7.31. The van der Waals surface area contributed by atoms with E-state index in [2.05, 4.69) is 4.98 Å². The summed E-state index contributed by atoms with van der Waals surface area (Å²) in [5, 5.41) is 1.76. The lowest BCUT2D eigenvalue weighted by molar-refractivity contribution is -0.140. The Morgan fingerprint density at radius 3 is 2.21 bits per heavy atom. The zero-order valence-electron chi connectivity index (χ0n) is 11.5. The van der Waals surface area contributed by atoms with Crippen molar-refractivity contribution in [3.63, 3.8) is 0 Å². The topological polar surface area (TPSA) is 53.5 Å². The van der Waals surface area contributed by atoms with Gasteiger partial charge in [-0.25, -0.2) is 4.98 Å². The second-order valence-electron chi connectivity index (χ2n) is 5.71. The fourth-order valence-corrected chi connectivity index (χ4v) is 2.59. The lowest BCUT2D eigenvalue weighted by Crippen LogP contribution is -2.53. The van der Waals surface area contributed by atoms with Gasteiger partial charge in [0.1, 0.15) is 5.69 Å². The second kappa shape index (κ2) is 5.28. The van der Waals surface area contributed by atoms with Gasteiger partial charge in [0.15, 0.2) is 0 Å². The average Bonchev–Trinajstić information content (AvgIpc) is 2.90. The van der Waals surface area contributed by atoms with Crippen LogP contribution in [0.4, 0.5) is 0 Å². The van der Waals surface area contributed by atoms with Gasteiger partial charge in [0.2, 0.25) is 5.91 Å². The summed E-state index contributed by atoms with van der Waals surface area (Å²) in [6.45, 7) is 8.13. The van der Waals surface area contributed by atoms with Crippen molar-refractivity contribution in [1.29, 1.82) is 0 Å². The van der Waals surface area contributed by atoms with Gasteiger partial charge in [0.25, 0.3) is 5.91 Å². The second-order valence-corrected chi connectivity index (χ2v) is 6.43. The number of rotatable bonds is 1. The lowest BCUT2D eigenvalue weighted by atomic mass is 9.94.